The number of ether oxygens (including phenoxy) is 2. The molecule has 3 heterocycles. The Bertz CT molecular complexity index is 846. The highest BCUT2D eigenvalue weighted by Gasteiger charge is 2.22. The third-order valence-electron chi connectivity index (χ3n) is 4.88. The topological polar surface area (TPSA) is 84.8 Å². The Morgan fingerprint density at radius 1 is 1.32 bits per heavy atom. The molecule has 2 aliphatic heterocycles. The molecule has 2 aliphatic rings. The van der Waals surface area contributed by atoms with Gasteiger partial charge in [0.15, 0.2) is 6.23 Å². The van der Waals surface area contributed by atoms with Crippen molar-refractivity contribution in [2.24, 2.45) is 5.92 Å². The number of hydrogen-bond acceptors (Lipinski definition) is 6. The van der Waals surface area contributed by atoms with Crippen LogP contribution in [0.4, 0.5) is 5.69 Å². The van der Waals surface area contributed by atoms with E-state index in [-0.39, 0.29) is 5.91 Å². The van der Waals surface area contributed by atoms with Gasteiger partial charge in [-0.15, -0.1) is 0 Å². The number of aryl methyl sites for hydroxylation is 1. The molecule has 0 aliphatic carbocycles. The second kappa shape index (κ2) is 8.57. The first-order valence-electron chi connectivity index (χ1n) is 9.50. The van der Waals surface area contributed by atoms with Crippen LogP contribution in [0.3, 0.4) is 0 Å². The van der Waals surface area contributed by atoms with Gasteiger partial charge in [-0.25, -0.2) is 0 Å². The average molecular weight is 404 g/mol. The molecule has 0 radical (unpaired) electrons. The maximum absolute atomic E-state index is 12.5. The summed E-state index contributed by atoms with van der Waals surface area (Å²) in [5, 5.41) is 16.5. The second-order valence-corrected chi connectivity index (χ2v) is 8.19. The summed E-state index contributed by atoms with van der Waals surface area (Å²) in [6, 6.07) is 7.46. The maximum atomic E-state index is 12.5. The van der Waals surface area contributed by atoms with Crippen LogP contribution < -0.4 is 10.6 Å². The van der Waals surface area contributed by atoms with Crippen LogP contribution in [0.5, 0.6) is 0 Å². The quantitative estimate of drug-likeness (QED) is 0.728. The van der Waals surface area contributed by atoms with E-state index in [2.05, 4.69) is 10.6 Å². The first-order valence-corrected chi connectivity index (χ1v) is 10.3. The number of nitrogens with one attached hydrogen (secondary N) is 2. The smallest absolute Gasteiger partial charge is 0.251 e. The minimum absolute atomic E-state index is 0.126. The van der Waals surface area contributed by atoms with Gasteiger partial charge in [-0.3, -0.25) is 8.77 Å². The standard InChI is InChI=1S/C20H25N3O4S/c1-13-8-17-20(25)22-16-9-15(2-3-18(16)28-23(17)10-13)19(24)21-5-4-14-11-26-6-7-27-12-14/h2-3,8-10,14,20,22,25H,4-7,11-12H2,1H3,(H,21,24). The van der Waals surface area contributed by atoms with Crippen LogP contribution in [0.15, 0.2) is 35.4 Å². The summed E-state index contributed by atoms with van der Waals surface area (Å²) < 4.78 is 12.9. The van der Waals surface area contributed by atoms with E-state index >= 15 is 0 Å². The third kappa shape index (κ3) is 4.35. The number of amides is 1. The van der Waals surface area contributed by atoms with Crippen LogP contribution >= 0.6 is 11.9 Å². The second-order valence-electron chi connectivity index (χ2n) is 7.18. The van der Waals surface area contributed by atoms with Gasteiger partial charge in [-0.1, -0.05) is 0 Å². The van der Waals surface area contributed by atoms with E-state index in [4.69, 9.17) is 9.47 Å². The molecule has 1 atom stereocenters. The molecule has 1 amide bonds. The summed E-state index contributed by atoms with van der Waals surface area (Å²) in [5.41, 5.74) is 3.19. The minimum atomic E-state index is -0.823. The van der Waals surface area contributed by atoms with Gasteiger partial charge in [-0.2, -0.15) is 0 Å². The Morgan fingerprint density at radius 2 is 2.11 bits per heavy atom. The summed E-state index contributed by atoms with van der Waals surface area (Å²) in [4.78, 5) is 13.5. The van der Waals surface area contributed by atoms with Gasteiger partial charge in [0.05, 0.1) is 42.7 Å². The van der Waals surface area contributed by atoms with E-state index in [0.717, 1.165) is 28.3 Å². The number of benzene rings is 1. The number of aromatic nitrogens is 1. The molecule has 1 fully saturated rings. The van der Waals surface area contributed by atoms with E-state index < -0.39 is 6.23 Å². The molecule has 1 aromatic carbocycles. The number of anilines is 1. The van der Waals surface area contributed by atoms with Gasteiger partial charge in [0.1, 0.15) is 0 Å². The van der Waals surface area contributed by atoms with Crippen LogP contribution in [-0.2, 0) is 9.47 Å². The van der Waals surface area contributed by atoms with Crippen LogP contribution in [-0.4, -0.2) is 48.0 Å². The van der Waals surface area contributed by atoms with Crippen LogP contribution in [0.1, 0.15) is 34.3 Å². The average Bonchev–Trinajstić information content (AvgIpc) is 2.83. The lowest BCUT2D eigenvalue weighted by Crippen LogP contribution is -2.27. The number of carbonyl (C=O) groups excluding carboxylic acids is 1. The predicted molar refractivity (Wildman–Crippen MR) is 108 cm³/mol. The molecule has 1 aromatic heterocycles. The molecule has 0 saturated carbocycles. The minimum Gasteiger partial charge on any atom is -0.379 e. The molecule has 3 N–H and O–H groups in total. The van der Waals surface area contributed by atoms with Gasteiger partial charge in [0.25, 0.3) is 5.91 Å². The van der Waals surface area contributed by atoms with Crippen LogP contribution in [0, 0.1) is 12.8 Å². The number of aliphatic hydroxyl groups is 1. The van der Waals surface area contributed by atoms with Crippen molar-refractivity contribution in [3.05, 3.63) is 47.3 Å². The van der Waals surface area contributed by atoms with E-state index in [0.29, 0.717) is 44.5 Å². The van der Waals surface area contributed by atoms with E-state index in [1.165, 1.54) is 11.9 Å². The summed E-state index contributed by atoms with van der Waals surface area (Å²) in [6.07, 6.45) is 1.98. The van der Waals surface area contributed by atoms with Crippen molar-refractivity contribution in [2.45, 2.75) is 24.5 Å². The van der Waals surface area contributed by atoms with E-state index in [1.54, 1.807) is 6.07 Å². The van der Waals surface area contributed by atoms with Gasteiger partial charge >= 0.3 is 0 Å². The lowest BCUT2D eigenvalue weighted by Gasteiger charge is -2.15. The zero-order chi connectivity index (χ0) is 19.5. The maximum Gasteiger partial charge on any atom is 0.251 e. The molecule has 2 aromatic rings. The highest BCUT2D eigenvalue weighted by molar-refractivity contribution is 7.98. The van der Waals surface area contributed by atoms with Crippen molar-refractivity contribution in [2.75, 3.05) is 38.3 Å². The zero-order valence-electron chi connectivity index (χ0n) is 15.8. The molecule has 150 valence electrons. The predicted octanol–water partition coefficient (Wildman–Crippen LogP) is 2.55. The number of fused-ring (bicyclic) bond motifs is 2. The first-order chi connectivity index (χ1) is 13.6. The lowest BCUT2D eigenvalue weighted by molar-refractivity contribution is 0.0939. The fourth-order valence-electron chi connectivity index (χ4n) is 3.39. The number of carbonyl (C=O) groups is 1. The summed E-state index contributed by atoms with van der Waals surface area (Å²) in [5.74, 6) is 0.181. The largest absolute Gasteiger partial charge is 0.379 e. The zero-order valence-corrected chi connectivity index (χ0v) is 16.6. The summed E-state index contributed by atoms with van der Waals surface area (Å²) in [7, 11) is 0. The molecule has 7 nitrogen and oxygen atoms in total. The molecule has 1 saturated heterocycles. The van der Waals surface area contributed by atoms with E-state index in [9.17, 15) is 9.90 Å². The van der Waals surface area contributed by atoms with Crippen molar-refractivity contribution in [1.82, 2.24) is 9.29 Å². The normalized spacial score (nSPS) is 19.7. The molecule has 0 spiro atoms. The number of nitrogens with zero attached hydrogens (tertiary/aromatic N) is 1. The molecular formula is C20H25N3O4S. The highest BCUT2D eigenvalue weighted by Crippen LogP contribution is 2.37. The van der Waals surface area contributed by atoms with Gasteiger partial charge in [-0.05, 0) is 55.1 Å². The first kappa shape index (κ1) is 19.3. The van der Waals surface area contributed by atoms with Crippen molar-refractivity contribution < 1.29 is 19.4 Å². The fourth-order valence-corrected chi connectivity index (χ4v) is 4.42. The summed E-state index contributed by atoms with van der Waals surface area (Å²) in [6.45, 7) is 5.19. The Hall–Kier alpha value is -2.00. The fraction of sp³-hybridized carbons (Fsp3) is 0.450. The van der Waals surface area contributed by atoms with Gasteiger partial charge in [0.2, 0.25) is 0 Å². The number of rotatable bonds is 4. The lowest BCUT2D eigenvalue weighted by atomic mass is 10.1. The molecule has 28 heavy (non-hydrogen) atoms. The monoisotopic (exact) mass is 403 g/mol. The Kier molecular flexibility index (Phi) is 5.91. The molecular weight excluding hydrogens is 378 g/mol. The Morgan fingerprint density at radius 3 is 2.89 bits per heavy atom. The van der Waals surface area contributed by atoms with Crippen molar-refractivity contribution >= 4 is 23.5 Å². The molecule has 8 heteroatoms. The molecule has 4 rings (SSSR count). The van der Waals surface area contributed by atoms with E-state index in [1.807, 2.05) is 35.3 Å². The van der Waals surface area contributed by atoms with Crippen molar-refractivity contribution in [3.8, 4) is 0 Å². The van der Waals surface area contributed by atoms with Crippen molar-refractivity contribution in [1.29, 1.82) is 0 Å². The van der Waals surface area contributed by atoms with Gasteiger partial charge in [0, 0.05) is 24.2 Å². The van der Waals surface area contributed by atoms with Gasteiger partial charge < -0.3 is 25.2 Å². The number of hydrogen-bond donors (Lipinski definition) is 3. The Balaban J connectivity index is 1.39. The van der Waals surface area contributed by atoms with Crippen LogP contribution in [0.25, 0.3) is 0 Å². The highest BCUT2D eigenvalue weighted by atomic mass is 32.2. The molecule has 0 bridgehead atoms. The SMILES string of the molecule is Cc1cc2n(c1)Sc1ccc(C(=O)NCCC3COCCOC3)cc1NC2O. The number of aliphatic hydroxyl groups excluding tert-OH is 1. The molecule has 1 unspecified atom stereocenters. The Labute approximate surface area is 168 Å². The van der Waals surface area contributed by atoms with Crippen molar-refractivity contribution in [3.63, 3.8) is 0 Å². The summed E-state index contributed by atoms with van der Waals surface area (Å²) >= 11 is 1.52. The van der Waals surface area contributed by atoms with Crippen LogP contribution in [0.2, 0.25) is 0 Å². The third-order valence-corrected chi connectivity index (χ3v) is 5.94.